The summed E-state index contributed by atoms with van der Waals surface area (Å²) in [7, 11) is 0. The summed E-state index contributed by atoms with van der Waals surface area (Å²) in [5.41, 5.74) is -1.28. The van der Waals surface area contributed by atoms with E-state index >= 15 is 0 Å². The first-order valence-corrected chi connectivity index (χ1v) is 4.54. The lowest BCUT2D eigenvalue weighted by molar-refractivity contribution is -0.137. The van der Waals surface area contributed by atoms with Gasteiger partial charge in [0, 0.05) is 0 Å². The molecular formula is C11H9F3O3. The smallest absolute Gasteiger partial charge is 0.416 e. The molecule has 0 bridgehead atoms. The van der Waals surface area contributed by atoms with E-state index in [2.05, 4.69) is 6.58 Å². The maximum absolute atomic E-state index is 12.4. The van der Waals surface area contributed by atoms with E-state index in [4.69, 9.17) is 9.84 Å². The topological polar surface area (TPSA) is 46.5 Å². The normalized spacial score (nSPS) is 11.0. The van der Waals surface area contributed by atoms with Gasteiger partial charge in [-0.25, -0.2) is 4.79 Å². The lowest BCUT2D eigenvalue weighted by atomic mass is 10.1. The summed E-state index contributed by atoms with van der Waals surface area (Å²) in [5.74, 6) is -1.68. The van der Waals surface area contributed by atoms with Gasteiger partial charge in [-0.1, -0.05) is 12.7 Å². The first kappa shape index (κ1) is 13.1. The third-order valence-electron chi connectivity index (χ3n) is 1.90. The van der Waals surface area contributed by atoms with Crippen LogP contribution in [0.25, 0.3) is 0 Å². The average Bonchev–Trinajstić information content (AvgIpc) is 2.24. The fraction of sp³-hybridized carbons (Fsp3) is 0.182. The Morgan fingerprint density at radius 3 is 2.59 bits per heavy atom. The average molecular weight is 246 g/mol. The summed E-state index contributed by atoms with van der Waals surface area (Å²) in [4.78, 5) is 10.8. The van der Waals surface area contributed by atoms with Crippen molar-refractivity contribution >= 4 is 5.97 Å². The van der Waals surface area contributed by atoms with Crippen molar-refractivity contribution in [2.24, 2.45) is 0 Å². The van der Waals surface area contributed by atoms with E-state index in [0.29, 0.717) is 12.1 Å². The predicted molar refractivity (Wildman–Crippen MR) is 54.1 cm³/mol. The quantitative estimate of drug-likeness (QED) is 0.831. The molecule has 0 radical (unpaired) electrons. The highest BCUT2D eigenvalue weighted by Gasteiger charge is 2.31. The molecule has 0 spiro atoms. The molecule has 0 atom stereocenters. The Kier molecular flexibility index (Phi) is 3.77. The molecule has 0 aliphatic carbocycles. The monoisotopic (exact) mass is 246 g/mol. The summed E-state index contributed by atoms with van der Waals surface area (Å²) in [6.07, 6.45) is -3.23. The standard InChI is InChI=1S/C11H9F3O3/c1-2-5-17-9-6-7(11(12,13)14)3-4-8(9)10(15)16/h2-4,6H,1,5H2,(H,15,16). The van der Waals surface area contributed by atoms with Crippen molar-refractivity contribution < 1.29 is 27.8 Å². The highest BCUT2D eigenvalue weighted by atomic mass is 19.4. The largest absolute Gasteiger partial charge is 0.489 e. The molecule has 0 amide bonds. The predicted octanol–water partition coefficient (Wildman–Crippen LogP) is 2.97. The van der Waals surface area contributed by atoms with Crippen LogP contribution in [-0.2, 0) is 6.18 Å². The third kappa shape index (κ3) is 3.24. The number of benzene rings is 1. The van der Waals surface area contributed by atoms with Crippen molar-refractivity contribution in [2.75, 3.05) is 6.61 Å². The van der Waals surface area contributed by atoms with Gasteiger partial charge in [-0.15, -0.1) is 0 Å². The zero-order chi connectivity index (χ0) is 13.1. The van der Waals surface area contributed by atoms with Crippen LogP contribution in [0.2, 0.25) is 0 Å². The maximum atomic E-state index is 12.4. The van der Waals surface area contributed by atoms with Crippen LogP contribution in [0.3, 0.4) is 0 Å². The minimum atomic E-state index is -4.54. The molecule has 0 saturated heterocycles. The van der Waals surface area contributed by atoms with E-state index in [9.17, 15) is 18.0 Å². The molecular weight excluding hydrogens is 237 g/mol. The highest BCUT2D eigenvalue weighted by Crippen LogP contribution is 2.33. The van der Waals surface area contributed by atoms with E-state index in [1.165, 1.54) is 6.08 Å². The molecule has 0 fully saturated rings. The molecule has 0 aromatic heterocycles. The molecule has 6 heteroatoms. The van der Waals surface area contributed by atoms with E-state index in [1.807, 2.05) is 0 Å². The van der Waals surface area contributed by atoms with Gasteiger partial charge >= 0.3 is 12.1 Å². The van der Waals surface area contributed by atoms with Gasteiger partial charge in [0.05, 0.1) is 5.56 Å². The van der Waals surface area contributed by atoms with Gasteiger partial charge in [0.15, 0.2) is 0 Å². The van der Waals surface area contributed by atoms with Crippen LogP contribution in [0.4, 0.5) is 13.2 Å². The van der Waals surface area contributed by atoms with Gasteiger partial charge < -0.3 is 9.84 Å². The number of ether oxygens (including phenoxy) is 1. The Bertz CT molecular complexity index is 438. The first-order valence-electron chi connectivity index (χ1n) is 4.54. The minimum Gasteiger partial charge on any atom is -0.489 e. The first-order chi connectivity index (χ1) is 7.86. The van der Waals surface area contributed by atoms with E-state index in [-0.39, 0.29) is 17.9 Å². The van der Waals surface area contributed by atoms with E-state index in [1.54, 1.807) is 0 Å². The van der Waals surface area contributed by atoms with Gasteiger partial charge in [-0.05, 0) is 18.2 Å². The van der Waals surface area contributed by atoms with E-state index in [0.717, 1.165) is 6.07 Å². The van der Waals surface area contributed by atoms with Crippen LogP contribution in [0.15, 0.2) is 30.9 Å². The van der Waals surface area contributed by atoms with Crippen molar-refractivity contribution in [3.05, 3.63) is 42.0 Å². The molecule has 1 aromatic rings. The molecule has 92 valence electrons. The zero-order valence-electron chi connectivity index (χ0n) is 8.62. The highest BCUT2D eigenvalue weighted by molar-refractivity contribution is 5.91. The number of aromatic carboxylic acids is 1. The Balaban J connectivity index is 3.19. The molecule has 17 heavy (non-hydrogen) atoms. The van der Waals surface area contributed by atoms with Gasteiger partial charge in [-0.2, -0.15) is 13.2 Å². The summed E-state index contributed by atoms with van der Waals surface area (Å²) in [6, 6.07) is 2.22. The number of halogens is 3. The molecule has 0 aliphatic heterocycles. The van der Waals surface area contributed by atoms with Gasteiger partial charge in [0.25, 0.3) is 0 Å². The summed E-state index contributed by atoms with van der Waals surface area (Å²) >= 11 is 0. The lowest BCUT2D eigenvalue weighted by Gasteiger charge is -2.11. The number of hydrogen-bond acceptors (Lipinski definition) is 2. The summed E-state index contributed by atoms with van der Waals surface area (Å²) in [5, 5.41) is 8.77. The lowest BCUT2D eigenvalue weighted by Crippen LogP contribution is -2.09. The zero-order valence-corrected chi connectivity index (χ0v) is 8.62. The van der Waals surface area contributed by atoms with Crippen LogP contribution in [0, 0.1) is 0 Å². The van der Waals surface area contributed by atoms with Crippen LogP contribution in [0.1, 0.15) is 15.9 Å². The van der Waals surface area contributed by atoms with Crippen LogP contribution >= 0.6 is 0 Å². The number of hydrogen-bond donors (Lipinski definition) is 1. The number of carbonyl (C=O) groups is 1. The molecule has 1 N–H and O–H groups in total. The Hall–Kier alpha value is -1.98. The molecule has 0 saturated carbocycles. The number of alkyl halides is 3. The molecule has 3 nitrogen and oxygen atoms in total. The van der Waals surface area contributed by atoms with Crippen molar-refractivity contribution in [2.45, 2.75) is 6.18 Å². The molecule has 0 unspecified atom stereocenters. The number of rotatable bonds is 4. The SMILES string of the molecule is C=CCOc1cc(C(F)(F)F)ccc1C(=O)O. The van der Waals surface area contributed by atoms with Crippen LogP contribution < -0.4 is 4.74 Å². The Morgan fingerprint density at radius 2 is 2.12 bits per heavy atom. The van der Waals surface area contributed by atoms with Crippen molar-refractivity contribution in [3.8, 4) is 5.75 Å². The fourth-order valence-electron chi connectivity index (χ4n) is 1.14. The number of carboxylic acids is 1. The molecule has 0 heterocycles. The van der Waals surface area contributed by atoms with Crippen molar-refractivity contribution in [1.82, 2.24) is 0 Å². The summed E-state index contributed by atoms with van der Waals surface area (Å²) < 4.78 is 42.1. The molecule has 0 aliphatic rings. The Labute approximate surface area is 95.1 Å². The second-order valence-corrected chi connectivity index (χ2v) is 3.11. The van der Waals surface area contributed by atoms with Gasteiger partial charge in [0.1, 0.15) is 17.9 Å². The Morgan fingerprint density at radius 1 is 1.47 bits per heavy atom. The second-order valence-electron chi connectivity index (χ2n) is 3.11. The second kappa shape index (κ2) is 4.90. The van der Waals surface area contributed by atoms with Gasteiger partial charge in [-0.3, -0.25) is 0 Å². The minimum absolute atomic E-state index is 0.0679. The van der Waals surface area contributed by atoms with E-state index < -0.39 is 17.7 Å². The van der Waals surface area contributed by atoms with Crippen molar-refractivity contribution in [3.63, 3.8) is 0 Å². The van der Waals surface area contributed by atoms with Crippen molar-refractivity contribution in [1.29, 1.82) is 0 Å². The number of carboxylic acid groups (broad SMARTS) is 1. The maximum Gasteiger partial charge on any atom is 0.416 e. The molecule has 1 aromatic carbocycles. The molecule has 1 rings (SSSR count). The fourth-order valence-corrected chi connectivity index (χ4v) is 1.14. The third-order valence-corrected chi connectivity index (χ3v) is 1.90. The van der Waals surface area contributed by atoms with Crippen LogP contribution in [0.5, 0.6) is 5.75 Å². The summed E-state index contributed by atoms with van der Waals surface area (Å²) in [6.45, 7) is 3.26. The van der Waals surface area contributed by atoms with Gasteiger partial charge in [0.2, 0.25) is 0 Å². The van der Waals surface area contributed by atoms with Crippen LogP contribution in [-0.4, -0.2) is 17.7 Å².